The van der Waals surface area contributed by atoms with Crippen molar-refractivity contribution in [2.45, 2.75) is 32.0 Å². The first kappa shape index (κ1) is 12.9. The van der Waals surface area contributed by atoms with Gasteiger partial charge in [0, 0.05) is 13.2 Å². The number of benzene rings is 1. The number of amides is 1. The lowest BCUT2D eigenvalue weighted by Crippen LogP contribution is -2.35. The normalized spacial score (nSPS) is 19.2. The van der Waals surface area contributed by atoms with Crippen LogP contribution in [0, 0.1) is 0 Å². The Morgan fingerprint density at radius 2 is 2.17 bits per heavy atom. The molecule has 2 rings (SSSR count). The molecule has 1 aliphatic rings. The fourth-order valence-corrected chi connectivity index (χ4v) is 1.94. The molecule has 1 fully saturated rings. The molecule has 1 unspecified atom stereocenters. The number of hydrogen-bond donors (Lipinski definition) is 1. The summed E-state index contributed by atoms with van der Waals surface area (Å²) in [5.41, 5.74) is 0.988. The summed E-state index contributed by atoms with van der Waals surface area (Å²) in [6.07, 6.45) is 3.07. The summed E-state index contributed by atoms with van der Waals surface area (Å²) in [7, 11) is 0. The van der Waals surface area contributed by atoms with Crippen molar-refractivity contribution < 1.29 is 14.3 Å². The Morgan fingerprint density at radius 1 is 1.33 bits per heavy atom. The van der Waals surface area contributed by atoms with Gasteiger partial charge in [0.15, 0.2) is 0 Å². The molecule has 0 radical (unpaired) electrons. The number of carbonyl (C=O) groups is 1. The molecule has 4 heteroatoms. The van der Waals surface area contributed by atoms with E-state index in [0.717, 1.165) is 25.0 Å². The largest absolute Gasteiger partial charge is 0.445 e. The predicted octanol–water partition coefficient (Wildman–Crippen LogP) is 2.48. The maximum absolute atomic E-state index is 11.5. The molecular formula is C14H19NO3. The first-order chi connectivity index (χ1) is 8.84. The van der Waals surface area contributed by atoms with E-state index in [2.05, 4.69) is 5.32 Å². The molecule has 0 aliphatic carbocycles. The molecule has 1 N–H and O–H groups in total. The lowest BCUT2D eigenvalue weighted by molar-refractivity contribution is 0.0162. The standard InChI is InChI=1S/C14H19NO3/c16-14(15-10-13-8-4-5-9-17-13)18-11-12-6-2-1-3-7-12/h1-3,6-7,13H,4-5,8-11H2,(H,15,16). The highest BCUT2D eigenvalue weighted by Gasteiger charge is 2.14. The van der Waals surface area contributed by atoms with Crippen LogP contribution in [-0.4, -0.2) is 25.3 Å². The second-order valence-electron chi connectivity index (χ2n) is 4.43. The number of ether oxygens (including phenoxy) is 2. The summed E-state index contributed by atoms with van der Waals surface area (Å²) in [5.74, 6) is 0. The first-order valence-electron chi connectivity index (χ1n) is 6.41. The van der Waals surface area contributed by atoms with E-state index in [1.54, 1.807) is 0 Å². The molecule has 98 valence electrons. The Labute approximate surface area is 107 Å². The molecule has 0 aromatic heterocycles. The van der Waals surface area contributed by atoms with Crippen LogP contribution in [-0.2, 0) is 16.1 Å². The second-order valence-corrected chi connectivity index (χ2v) is 4.43. The predicted molar refractivity (Wildman–Crippen MR) is 68.2 cm³/mol. The molecule has 18 heavy (non-hydrogen) atoms. The van der Waals surface area contributed by atoms with Gasteiger partial charge in [0.05, 0.1) is 6.10 Å². The van der Waals surface area contributed by atoms with Crippen LogP contribution in [0.1, 0.15) is 24.8 Å². The fourth-order valence-electron chi connectivity index (χ4n) is 1.94. The number of nitrogens with one attached hydrogen (secondary N) is 1. The molecule has 0 bridgehead atoms. The summed E-state index contributed by atoms with van der Waals surface area (Å²) in [6.45, 7) is 1.64. The number of carbonyl (C=O) groups excluding carboxylic acids is 1. The van der Waals surface area contributed by atoms with E-state index in [-0.39, 0.29) is 12.2 Å². The molecule has 1 aromatic rings. The minimum Gasteiger partial charge on any atom is -0.445 e. The van der Waals surface area contributed by atoms with Crippen molar-refractivity contribution in [3.8, 4) is 0 Å². The molecule has 1 amide bonds. The van der Waals surface area contributed by atoms with Crippen LogP contribution in [0.15, 0.2) is 30.3 Å². The van der Waals surface area contributed by atoms with Gasteiger partial charge in [-0.15, -0.1) is 0 Å². The molecule has 4 nitrogen and oxygen atoms in total. The van der Waals surface area contributed by atoms with Crippen LogP contribution in [0.3, 0.4) is 0 Å². The van der Waals surface area contributed by atoms with Crippen molar-refractivity contribution in [2.24, 2.45) is 0 Å². The van der Waals surface area contributed by atoms with Gasteiger partial charge in [0.25, 0.3) is 0 Å². The summed E-state index contributed by atoms with van der Waals surface area (Å²) >= 11 is 0. The summed E-state index contributed by atoms with van der Waals surface area (Å²) in [5, 5.41) is 2.74. The lowest BCUT2D eigenvalue weighted by atomic mass is 10.1. The number of alkyl carbamates (subject to hydrolysis) is 1. The average molecular weight is 249 g/mol. The lowest BCUT2D eigenvalue weighted by Gasteiger charge is -2.22. The Hall–Kier alpha value is -1.55. The Bertz CT molecular complexity index is 361. The van der Waals surface area contributed by atoms with Gasteiger partial charge in [-0.25, -0.2) is 4.79 Å². The molecule has 1 aliphatic heterocycles. The highest BCUT2D eigenvalue weighted by Crippen LogP contribution is 2.11. The van der Waals surface area contributed by atoms with Gasteiger partial charge in [0.2, 0.25) is 0 Å². The third-order valence-electron chi connectivity index (χ3n) is 2.96. The van der Waals surface area contributed by atoms with E-state index in [4.69, 9.17) is 9.47 Å². The van der Waals surface area contributed by atoms with Gasteiger partial charge >= 0.3 is 6.09 Å². The Kier molecular flexibility index (Phi) is 5.02. The van der Waals surface area contributed by atoms with Crippen molar-refractivity contribution in [2.75, 3.05) is 13.2 Å². The SMILES string of the molecule is O=C(NCC1CCCCO1)OCc1ccccc1. The third-order valence-corrected chi connectivity index (χ3v) is 2.96. The average Bonchev–Trinajstić information content (AvgIpc) is 2.45. The highest BCUT2D eigenvalue weighted by molar-refractivity contribution is 5.67. The van der Waals surface area contributed by atoms with E-state index in [1.807, 2.05) is 30.3 Å². The summed E-state index contributed by atoms with van der Waals surface area (Å²) < 4.78 is 10.6. The van der Waals surface area contributed by atoms with Crippen LogP contribution < -0.4 is 5.32 Å². The highest BCUT2D eigenvalue weighted by atomic mass is 16.5. The zero-order valence-corrected chi connectivity index (χ0v) is 10.4. The first-order valence-corrected chi connectivity index (χ1v) is 6.41. The van der Waals surface area contributed by atoms with E-state index < -0.39 is 0 Å². The molecule has 1 saturated heterocycles. The topological polar surface area (TPSA) is 47.6 Å². The van der Waals surface area contributed by atoms with Crippen molar-refractivity contribution in [3.63, 3.8) is 0 Å². The van der Waals surface area contributed by atoms with Gasteiger partial charge in [-0.3, -0.25) is 0 Å². The monoisotopic (exact) mass is 249 g/mol. The zero-order valence-electron chi connectivity index (χ0n) is 10.4. The quantitative estimate of drug-likeness (QED) is 0.891. The zero-order chi connectivity index (χ0) is 12.6. The van der Waals surface area contributed by atoms with Crippen LogP contribution in [0.25, 0.3) is 0 Å². The van der Waals surface area contributed by atoms with Gasteiger partial charge in [-0.2, -0.15) is 0 Å². The molecule has 1 heterocycles. The second kappa shape index (κ2) is 7.01. The molecule has 0 saturated carbocycles. The maximum Gasteiger partial charge on any atom is 0.407 e. The van der Waals surface area contributed by atoms with Gasteiger partial charge < -0.3 is 14.8 Å². The molecule has 1 aromatic carbocycles. The van der Waals surface area contributed by atoms with Crippen LogP contribution in [0.2, 0.25) is 0 Å². The van der Waals surface area contributed by atoms with Crippen LogP contribution >= 0.6 is 0 Å². The minimum absolute atomic E-state index is 0.142. The van der Waals surface area contributed by atoms with E-state index in [9.17, 15) is 4.79 Å². The van der Waals surface area contributed by atoms with E-state index in [0.29, 0.717) is 13.2 Å². The van der Waals surface area contributed by atoms with Crippen LogP contribution in [0.4, 0.5) is 4.79 Å². The summed E-state index contributed by atoms with van der Waals surface area (Å²) in [6, 6.07) is 9.64. The molecule has 0 spiro atoms. The summed E-state index contributed by atoms with van der Waals surface area (Å²) in [4.78, 5) is 11.5. The fraction of sp³-hybridized carbons (Fsp3) is 0.500. The van der Waals surface area contributed by atoms with Gasteiger partial charge in [0.1, 0.15) is 6.61 Å². The number of hydrogen-bond acceptors (Lipinski definition) is 3. The smallest absolute Gasteiger partial charge is 0.407 e. The molecule has 1 atom stereocenters. The minimum atomic E-state index is -0.381. The van der Waals surface area contributed by atoms with Crippen molar-refractivity contribution in [3.05, 3.63) is 35.9 Å². The van der Waals surface area contributed by atoms with Crippen molar-refractivity contribution in [1.29, 1.82) is 0 Å². The van der Waals surface area contributed by atoms with Gasteiger partial charge in [-0.05, 0) is 24.8 Å². The maximum atomic E-state index is 11.5. The van der Waals surface area contributed by atoms with E-state index >= 15 is 0 Å². The third kappa shape index (κ3) is 4.37. The van der Waals surface area contributed by atoms with Crippen molar-refractivity contribution in [1.82, 2.24) is 5.32 Å². The van der Waals surface area contributed by atoms with Crippen molar-refractivity contribution >= 4 is 6.09 Å². The Balaban J connectivity index is 1.63. The van der Waals surface area contributed by atoms with E-state index in [1.165, 1.54) is 6.42 Å². The molecular weight excluding hydrogens is 230 g/mol. The number of rotatable bonds is 4. The Morgan fingerprint density at radius 3 is 2.89 bits per heavy atom. The van der Waals surface area contributed by atoms with Crippen LogP contribution in [0.5, 0.6) is 0 Å². The van der Waals surface area contributed by atoms with Gasteiger partial charge in [-0.1, -0.05) is 30.3 Å².